The van der Waals surface area contributed by atoms with Gasteiger partial charge in [-0.3, -0.25) is 0 Å². The van der Waals surface area contributed by atoms with Crippen LogP contribution in [0.3, 0.4) is 0 Å². The van der Waals surface area contributed by atoms with Gasteiger partial charge in [0.2, 0.25) is 5.60 Å². The second kappa shape index (κ2) is 5.72. The molecule has 1 radical (unpaired) electrons. The van der Waals surface area contributed by atoms with Crippen molar-refractivity contribution in [1.82, 2.24) is 0 Å². The van der Waals surface area contributed by atoms with Gasteiger partial charge in [0.15, 0.2) is 0 Å². The van der Waals surface area contributed by atoms with Gasteiger partial charge in [-0.05, 0) is 26.7 Å². The first-order valence-electron chi connectivity index (χ1n) is 6.35. The highest BCUT2D eigenvalue weighted by atomic mass is 16.6. The molecule has 0 N–H and O–H groups in total. The van der Waals surface area contributed by atoms with E-state index in [-0.39, 0.29) is 0 Å². The van der Waals surface area contributed by atoms with E-state index in [2.05, 4.69) is 0 Å². The monoisotopic (exact) mass is 257 g/mol. The summed E-state index contributed by atoms with van der Waals surface area (Å²) in [5, 5.41) is 0. The maximum atomic E-state index is 12.3. The SMILES string of the molecule is CCC(C)(CC)OC(=O)C(C)(O[C]=O)C(C)(C)C. The molecule has 1 atom stereocenters. The van der Waals surface area contributed by atoms with Crippen LogP contribution < -0.4 is 0 Å². The Bertz CT molecular complexity index is 299. The maximum absolute atomic E-state index is 12.3. The summed E-state index contributed by atoms with van der Waals surface area (Å²) in [6.07, 6.45) is 1.42. The van der Waals surface area contributed by atoms with Gasteiger partial charge in [-0.25, -0.2) is 9.59 Å². The van der Waals surface area contributed by atoms with Gasteiger partial charge in [-0.1, -0.05) is 34.6 Å². The van der Waals surface area contributed by atoms with E-state index in [0.717, 1.165) is 0 Å². The zero-order chi connectivity index (χ0) is 14.6. The van der Waals surface area contributed by atoms with Gasteiger partial charge >= 0.3 is 12.4 Å². The van der Waals surface area contributed by atoms with Crippen molar-refractivity contribution in [3.63, 3.8) is 0 Å². The molecule has 0 amide bonds. The molecule has 0 bridgehead atoms. The molecule has 0 rings (SSSR count). The molecule has 18 heavy (non-hydrogen) atoms. The molecule has 1 unspecified atom stereocenters. The van der Waals surface area contributed by atoms with Crippen LogP contribution in [0.5, 0.6) is 0 Å². The Morgan fingerprint density at radius 1 is 1.06 bits per heavy atom. The van der Waals surface area contributed by atoms with Crippen molar-refractivity contribution in [3.05, 3.63) is 0 Å². The average Bonchev–Trinajstić information content (AvgIpc) is 2.27. The Kier molecular flexibility index (Phi) is 5.38. The summed E-state index contributed by atoms with van der Waals surface area (Å²) in [7, 11) is 0. The number of ether oxygens (including phenoxy) is 2. The summed E-state index contributed by atoms with van der Waals surface area (Å²) in [6, 6.07) is 0. The van der Waals surface area contributed by atoms with Crippen molar-refractivity contribution in [2.45, 2.75) is 72.5 Å². The zero-order valence-electron chi connectivity index (χ0n) is 12.5. The van der Waals surface area contributed by atoms with Crippen LogP contribution in [0.2, 0.25) is 0 Å². The fourth-order valence-corrected chi connectivity index (χ4v) is 1.30. The summed E-state index contributed by atoms with van der Waals surface area (Å²) < 4.78 is 10.4. The Labute approximate surface area is 110 Å². The van der Waals surface area contributed by atoms with Crippen LogP contribution in [0.4, 0.5) is 0 Å². The predicted molar refractivity (Wildman–Crippen MR) is 69.7 cm³/mol. The van der Waals surface area contributed by atoms with E-state index in [1.165, 1.54) is 6.47 Å². The third-order valence-electron chi connectivity index (χ3n) is 3.90. The number of esters is 1. The summed E-state index contributed by atoms with van der Waals surface area (Å²) in [5.41, 5.74) is -2.43. The van der Waals surface area contributed by atoms with Crippen LogP contribution in [0, 0.1) is 5.41 Å². The van der Waals surface area contributed by atoms with E-state index < -0.39 is 22.6 Å². The summed E-state index contributed by atoms with van der Waals surface area (Å²) in [4.78, 5) is 22.8. The molecule has 105 valence electrons. The smallest absolute Gasteiger partial charge is 0.418 e. The number of rotatable bonds is 6. The molecule has 0 saturated carbocycles. The normalized spacial score (nSPS) is 15.7. The van der Waals surface area contributed by atoms with E-state index >= 15 is 0 Å². The number of hydrogen-bond donors (Lipinski definition) is 0. The zero-order valence-corrected chi connectivity index (χ0v) is 12.5. The van der Waals surface area contributed by atoms with Gasteiger partial charge in [0, 0.05) is 5.41 Å². The average molecular weight is 257 g/mol. The molecule has 0 aliphatic heterocycles. The predicted octanol–water partition coefficient (Wildman–Crippen LogP) is 3.00. The molecule has 4 heteroatoms. The van der Waals surface area contributed by atoms with E-state index in [4.69, 9.17) is 9.47 Å². The third-order valence-corrected chi connectivity index (χ3v) is 3.90. The molecule has 4 nitrogen and oxygen atoms in total. The fourth-order valence-electron chi connectivity index (χ4n) is 1.30. The van der Waals surface area contributed by atoms with Crippen LogP contribution in [-0.2, 0) is 19.1 Å². The maximum Gasteiger partial charge on any atom is 0.418 e. The molecule has 0 fully saturated rings. The highest BCUT2D eigenvalue weighted by Crippen LogP contribution is 2.36. The number of carbonyl (C=O) groups is 1. The van der Waals surface area contributed by atoms with Gasteiger partial charge in [-0.15, -0.1) is 0 Å². The molecule has 0 aromatic rings. The van der Waals surface area contributed by atoms with Gasteiger partial charge in [-0.2, -0.15) is 0 Å². The lowest BCUT2D eigenvalue weighted by Crippen LogP contribution is -2.52. The van der Waals surface area contributed by atoms with Crippen molar-refractivity contribution in [1.29, 1.82) is 0 Å². The van der Waals surface area contributed by atoms with Crippen LogP contribution >= 0.6 is 0 Å². The molecule has 0 aliphatic carbocycles. The first-order chi connectivity index (χ1) is 8.06. The first kappa shape index (κ1) is 16.9. The highest BCUT2D eigenvalue weighted by molar-refractivity contribution is 5.81. The molecule has 0 spiro atoms. The third kappa shape index (κ3) is 3.47. The summed E-state index contributed by atoms with van der Waals surface area (Å²) >= 11 is 0. The minimum Gasteiger partial charge on any atom is -0.456 e. The van der Waals surface area contributed by atoms with E-state index in [0.29, 0.717) is 12.8 Å². The van der Waals surface area contributed by atoms with Gasteiger partial charge in [0.05, 0.1) is 0 Å². The standard InChI is InChI=1S/C14H25O4/c1-8-13(6,9-2)18-11(16)14(7,17-10-15)12(3,4)5/h8-9H2,1-7H3. The van der Waals surface area contributed by atoms with Crippen LogP contribution in [0.1, 0.15) is 61.3 Å². The summed E-state index contributed by atoms with van der Waals surface area (Å²) in [5.74, 6) is -0.524. The quantitative estimate of drug-likeness (QED) is 0.686. The fraction of sp³-hybridized carbons (Fsp3) is 0.857. The topological polar surface area (TPSA) is 52.6 Å². The van der Waals surface area contributed by atoms with E-state index in [1.807, 2.05) is 41.5 Å². The number of carbonyl (C=O) groups excluding carboxylic acids is 2. The van der Waals surface area contributed by atoms with Crippen molar-refractivity contribution in [2.75, 3.05) is 0 Å². The van der Waals surface area contributed by atoms with Crippen LogP contribution in [-0.4, -0.2) is 23.6 Å². The lowest BCUT2D eigenvalue weighted by Gasteiger charge is -2.39. The van der Waals surface area contributed by atoms with Crippen molar-refractivity contribution in [3.8, 4) is 0 Å². The summed E-state index contributed by atoms with van der Waals surface area (Å²) in [6.45, 7) is 14.2. The first-order valence-corrected chi connectivity index (χ1v) is 6.35. The lowest BCUT2D eigenvalue weighted by molar-refractivity contribution is -0.187. The van der Waals surface area contributed by atoms with E-state index in [9.17, 15) is 9.59 Å². The highest BCUT2D eigenvalue weighted by Gasteiger charge is 2.50. The van der Waals surface area contributed by atoms with Crippen molar-refractivity contribution in [2.24, 2.45) is 5.41 Å². The van der Waals surface area contributed by atoms with Gasteiger partial charge < -0.3 is 9.47 Å². The largest absolute Gasteiger partial charge is 0.456 e. The lowest BCUT2D eigenvalue weighted by atomic mass is 9.77. The van der Waals surface area contributed by atoms with E-state index in [1.54, 1.807) is 6.92 Å². The minimum atomic E-state index is -1.33. The molecular weight excluding hydrogens is 232 g/mol. The minimum absolute atomic E-state index is 0.524. The molecule has 0 heterocycles. The van der Waals surface area contributed by atoms with Gasteiger partial charge in [0.25, 0.3) is 0 Å². The Morgan fingerprint density at radius 2 is 1.50 bits per heavy atom. The molecule has 0 aromatic heterocycles. The van der Waals surface area contributed by atoms with Crippen LogP contribution in [0.25, 0.3) is 0 Å². The molecular formula is C14H25O4. The van der Waals surface area contributed by atoms with Crippen LogP contribution in [0.15, 0.2) is 0 Å². The Balaban J connectivity index is 5.18. The van der Waals surface area contributed by atoms with Crippen molar-refractivity contribution < 1.29 is 19.1 Å². The Morgan fingerprint density at radius 3 is 1.78 bits per heavy atom. The molecule has 0 saturated heterocycles. The molecule has 0 aliphatic rings. The number of hydrogen-bond acceptors (Lipinski definition) is 4. The Hall–Kier alpha value is -1.06. The van der Waals surface area contributed by atoms with Crippen molar-refractivity contribution >= 4 is 12.4 Å². The second-order valence-corrected chi connectivity index (χ2v) is 6.02. The molecule has 0 aromatic carbocycles. The second-order valence-electron chi connectivity index (χ2n) is 6.02. The van der Waals surface area contributed by atoms with Gasteiger partial charge in [0.1, 0.15) is 5.60 Å².